The Kier molecular flexibility index (Phi) is 9.32. The molecule has 6 rings (SSSR count). The van der Waals surface area contributed by atoms with Crippen LogP contribution in [0.5, 0.6) is 11.5 Å². The smallest absolute Gasteiger partial charge is 0.338 e. The molecule has 0 radical (unpaired) electrons. The summed E-state index contributed by atoms with van der Waals surface area (Å²) in [5, 5.41) is 10.9. The molecule has 0 spiro atoms. The van der Waals surface area contributed by atoms with Crippen LogP contribution in [-0.4, -0.2) is 24.3 Å². The lowest BCUT2D eigenvalue weighted by Gasteiger charge is -2.28. The topological polar surface area (TPSA) is 103 Å². The number of allylic oxidation sites excluding steroid dienone is 1. The Morgan fingerprint density at radius 1 is 1.00 bits per heavy atom. The fourth-order valence-electron chi connectivity index (χ4n) is 5.84. The third-order valence-electron chi connectivity index (χ3n) is 8.00. The lowest BCUT2D eigenvalue weighted by molar-refractivity contribution is -0.139. The Morgan fingerprint density at radius 3 is 2.51 bits per heavy atom. The lowest BCUT2D eigenvalue weighted by Crippen LogP contribution is -2.40. The summed E-state index contributed by atoms with van der Waals surface area (Å²) in [4.78, 5) is 33.6. The summed E-state index contributed by atoms with van der Waals surface area (Å²) in [5.74, 6) is 0.661. The van der Waals surface area contributed by atoms with Crippen LogP contribution in [0.1, 0.15) is 55.0 Å². The van der Waals surface area contributed by atoms with Gasteiger partial charge in [-0.1, -0.05) is 85.3 Å². The molecule has 0 saturated heterocycles. The van der Waals surface area contributed by atoms with E-state index in [1.165, 1.54) is 11.3 Å². The number of methoxy groups -OCH3 is 1. The number of aromatic nitrogens is 1. The molecule has 47 heavy (non-hydrogen) atoms. The molecule has 0 N–H and O–H groups in total. The zero-order valence-corrected chi connectivity index (χ0v) is 27.2. The molecule has 0 aliphatic carbocycles. The van der Waals surface area contributed by atoms with E-state index in [0.717, 1.165) is 28.3 Å². The number of benzene rings is 4. The van der Waals surface area contributed by atoms with E-state index in [1.54, 1.807) is 30.7 Å². The molecule has 4 aromatic carbocycles. The minimum atomic E-state index is -0.821. The highest BCUT2D eigenvalue weighted by Gasteiger charge is 2.37. The summed E-state index contributed by atoms with van der Waals surface area (Å²) >= 11 is 1.27. The average Bonchev–Trinajstić information content (AvgIpc) is 3.41. The fraction of sp³-hybridized carbons (Fsp3) is 0.211. The summed E-state index contributed by atoms with van der Waals surface area (Å²) < 4.78 is 19.7. The van der Waals surface area contributed by atoms with Crippen molar-refractivity contribution in [3.63, 3.8) is 0 Å². The molecule has 0 bridgehead atoms. The molecule has 5 aromatic rings. The van der Waals surface area contributed by atoms with Crippen LogP contribution in [0.15, 0.2) is 106 Å². The normalized spacial score (nSPS) is 14.3. The second kappa shape index (κ2) is 13.9. The maximum atomic E-state index is 14.5. The third-order valence-corrected chi connectivity index (χ3v) is 8.98. The van der Waals surface area contributed by atoms with E-state index in [0.29, 0.717) is 56.3 Å². The molecule has 0 amide bonds. The van der Waals surface area contributed by atoms with Gasteiger partial charge in [-0.15, -0.1) is 0 Å². The summed E-state index contributed by atoms with van der Waals surface area (Å²) in [6, 6.07) is 27.7. The monoisotopic (exact) mass is 643 g/mol. The number of para-hydroxylation sites is 1. The number of nitriles is 1. The molecule has 236 valence electrons. The predicted molar refractivity (Wildman–Crippen MR) is 182 cm³/mol. The highest BCUT2D eigenvalue weighted by atomic mass is 32.1. The van der Waals surface area contributed by atoms with Crippen LogP contribution < -0.4 is 24.4 Å². The summed E-state index contributed by atoms with van der Waals surface area (Å²) in [6.45, 7) is 4.28. The van der Waals surface area contributed by atoms with Gasteiger partial charge >= 0.3 is 5.97 Å². The molecule has 2 heterocycles. The fourth-order valence-corrected chi connectivity index (χ4v) is 6.85. The van der Waals surface area contributed by atoms with Crippen molar-refractivity contribution in [2.75, 3.05) is 13.7 Å². The number of rotatable bonds is 10. The van der Waals surface area contributed by atoms with Gasteiger partial charge < -0.3 is 14.2 Å². The number of fused-ring (bicyclic) bond motifs is 2. The van der Waals surface area contributed by atoms with Crippen molar-refractivity contribution in [1.82, 2.24) is 4.57 Å². The van der Waals surface area contributed by atoms with Gasteiger partial charge in [0.05, 0.1) is 41.2 Å². The van der Waals surface area contributed by atoms with Gasteiger partial charge in [0, 0.05) is 11.1 Å². The Morgan fingerprint density at radius 2 is 1.77 bits per heavy atom. The lowest BCUT2D eigenvalue weighted by atomic mass is 9.90. The third kappa shape index (κ3) is 6.20. The van der Waals surface area contributed by atoms with Crippen molar-refractivity contribution in [3.8, 4) is 17.6 Å². The first kappa shape index (κ1) is 31.5. The van der Waals surface area contributed by atoms with Gasteiger partial charge in [-0.25, -0.2) is 9.79 Å². The number of hydrogen-bond acceptors (Lipinski definition) is 8. The van der Waals surface area contributed by atoms with E-state index in [9.17, 15) is 9.59 Å². The van der Waals surface area contributed by atoms with Gasteiger partial charge in [-0.2, -0.15) is 5.26 Å². The molecular formula is C38H33N3O5S. The van der Waals surface area contributed by atoms with Crippen LogP contribution in [0.2, 0.25) is 0 Å². The van der Waals surface area contributed by atoms with Gasteiger partial charge in [-0.05, 0) is 60.0 Å². The van der Waals surface area contributed by atoms with Crippen molar-refractivity contribution < 1.29 is 19.0 Å². The minimum absolute atomic E-state index is 0.185. The van der Waals surface area contributed by atoms with E-state index >= 15 is 0 Å². The summed E-state index contributed by atoms with van der Waals surface area (Å²) in [6.07, 6.45) is 3.09. The minimum Gasteiger partial charge on any atom is -0.496 e. The molecule has 1 atom stereocenters. The first-order valence-corrected chi connectivity index (χ1v) is 16.3. The molecule has 0 fully saturated rings. The largest absolute Gasteiger partial charge is 0.496 e. The average molecular weight is 644 g/mol. The molecule has 1 aliphatic rings. The summed E-state index contributed by atoms with van der Waals surface area (Å²) in [7, 11) is 1.59. The Balaban J connectivity index is 1.53. The second-order valence-corrected chi connectivity index (χ2v) is 12.0. The van der Waals surface area contributed by atoms with Crippen LogP contribution in [0.4, 0.5) is 0 Å². The first-order chi connectivity index (χ1) is 23.0. The van der Waals surface area contributed by atoms with Crippen molar-refractivity contribution >= 4 is 34.2 Å². The number of nitrogens with zero attached hydrogens (tertiary/aromatic N) is 3. The van der Waals surface area contributed by atoms with Gasteiger partial charge in [-0.3, -0.25) is 9.36 Å². The van der Waals surface area contributed by atoms with E-state index in [-0.39, 0.29) is 12.2 Å². The number of carbonyl (C=O) groups is 1. The predicted octanol–water partition coefficient (Wildman–Crippen LogP) is 6.19. The molecule has 9 heteroatoms. The van der Waals surface area contributed by atoms with Crippen LogP contribution in [0.3, 0.4) is 0 Å². The summed E-state index contributed by atoms with van der Waals surface area (Å²) in [5.41, 5.74) is 3.58. The molecular weight excluding hydrogens is 611 g/mol. The standard InChI is InChI=1S/C38H33N3O5S/c1-4-10-29-34(37(43)45-5-2)35(33-28-13-8-6-11-26(28)19-20-31(33)44-3)41-36(42)32(47-38(41)40-29)21-27-12-7-9-14-30(27)46-23-25-17-15-24(22-39)16-18-25/h6-9,11-21,35H,4-5,10,23H2,1-3H3/b32-21-/t35-/m0/s1. The number of thiazole rings is 1. The number of carbonyl (C=O) groups excluding carboxylic acids is 1. The van der Waals surface area contributed by atoms with Crippen LogP contribution in [0.25, 0.3) is 16.8 Å². The molecule has 8 nitrogen and oxygen atoms in total. The number of hydrogen-bond donors (Lipinski definition) is 0. The molecule has 0 unspecified atom stereocenters. The van der Waals surface area contributed by atoms with Crippen molar-refractivity contribution in [3.05, 3.63) is 138 Å². The second-order valence-electron chi connectivity index (χ2n) is 11.0. The van der Waals surface area contributed by atoms with Crippen molar-refractivity contribution in [2.45, 2.75) is 39.3 Å². The maximum Gasteiger partial charge on any atom is 0.338 e. The zero-order valence-electron chi connectivity index (χ0n) is 26.4. The van der Waals surface area contributed by atoms with Gasteiger partial charge in [0.1, 0.15) is 24.1 Å². The molecule has 1 aliphatic heterocycles. The Hall–Kier alpha value is -5.46. The molecule has 1 aromatic heterocycles. The first-order valence-electron chi connectivity index (χ1n) is 15.5. The van der Waals surface area contributed by atoms with Crippen LogP contribution in [0, 0.1) is 11.3 Å². The quantitative estimate of drug-likeness (QED) is 0.168. The highest BCUT2D eigenvalue weighted by Crippen LogP contribution is 2.41. The van der Waals surface area contributed by atoms with Crippen LogP contribution in [-0.2, 0) is 16.1 Å². The van der Waals surface area contributed by atoms with E-state index in [4.69, 9.17) is 24.5 Å². The van der Waals surface area contributed by atoms with Crippen LogP contribution >= 0.6 is 11.3 Å². The van der Waals surface area contributed by atoms with Crippen molar-refractivity contribution in [2.24, 2.45) is 4.99 Å². The van der Waals surface area contributed by atoms with Crippen molar-refractivity contribution in [1.29, 1.82) is 5.26 Å². The highest BCUT2D eigenvalue weighted by molar-refractivity contribution is 7.07. The van der Waals surface area contributed by atoms with Gasteiger partial charge in [0.15, 0.2) is 4.80 Å². The van der Waals surface area contributed by atoms with Gasteiger partial charge in [0.2, 0.25) is 0 Å². The SMILES string of the molecule is CCCC1=C(C(=O)OCC)[C@H](c2c(OC)ccc3ccccc23)n2c(s/c(=C\c3ccccc3OCc3ccc(C#N)cc3)c2=O)=N1. The molecule has 0 saturated carbocycles. The maximum absolute atomic E-state index is 14.5. The van der Waals surface area contributed by atoms with E-state index in [1.807, 2.05) is 85.8 Å². The van der Waals surface area contributed by atoms with E-state index in [2.05, 4.69) is 6.07 Å². The Labute approximate surface area is 276 Å². The zero-order chi connectivity index (χ0) is 32.9. The van der Waals surface area contributed by atoms with E-state index < -0.39 is 12.0 Å². The number of ether oxygens (including phenoxy) is 3. The number of esters is 1. The Bertz CT molecular complexity index is 2220. The van der Waals surface area contributed by atoms with Gasteiger partial charge in [0.25, 0.3) is 5.56 Å².